The van der Waals surface area contributed by atoms with Crippen LogP contribution < -0.4 is 11.1 Å². The molecule has 0 aliphatic carbocycles. The van der Waals surface area contributed by atoms with Gasteiger partial charge in [0.1, 0.15) is 0 Å². The Morgan fingerprint density at radius 3 is 2.67 bits per heavy atom. The van der Waals surface area contributed by atoms with Crippen molar-refractivity contribution in [3.05, 3.63) is 52.5 Å². The normalized spacial score (nSPS) is 12.0. The van der Waals surface area contributed by atoms with Gasteiger partial charge in [-0.05, 0) is 37.3 Å². The first kappa shape index (κ1) is 16.0. The maximum Gasteiger partial charge on any atom is 0.237 e. The predicted molar refractivity (Wildman–Crippen MR) is 91.3 cm³/mol. The second-order valence-corrected chi connectivity index (χ2v) is 6.64. The maximum atomic E-state index is 12.2. The molecule has 0 aromatic heterocycles. The number of nitrogen functional groups attached to an aromatic ring is 1. The Morgan fingerprint density at radius 1 is 1.24 bits per heavy atom. The lowest BCUT2D eigenvalue weighted by atomic mass is 10.2. The summed E-state index contributed by atoms with van der Waals surface area (Å²) in [6.07, 6.45) is 0. The Kier molecular flexibility index (Phi) is 5.39. The van der Waals surface area contributed by atoms with Gasteiger partial charge in [0.05, 0.1) is 21.6 Å². The molecule has 2 aromatic carbocycles. The average molecular weight is 341 g/mol. The molecule has 0 saturated heterocycles. The molecule has 2 aromatic rings. The second kappa shape index (κ2) is 7.07. The number of hydrogen-bond acceptors (Lipinski definition) is 3. The van der Waals surface area contributed by atoms with Crippen LogP contribution in [0.2, 0.25) is 10.0 Å². The molecular formula is C15H14Cl2N2OS. The molecule has 0 heterocycles. The monoisotopic (exact) mass is 340 g/mol. The van der Waals surface area contributed by atoms with Gasteiger partial charge in [-0.1, -0.05) is 35.3 Å². The topological polar surface area (TPSA) is 55.1 Å². The first-order chi connectivity index (χ1) is 9.97. The Balaban J connectivity index is 2.06. The lowest BCUT2D eigenvalue weighted by molar-refractivity contribution is -0.115. The molecule has 0 aliphatic heterocycles. The van der Waals surface area contributed by atoms with E-state index >= 15 is 0 Å². The van der Waals surface area contributed by atoms with E-state index in [1.165, 1.54) is 11.8 Å². The summed E-state index contributed by atoms with van der Waals surface area (Å²) < 4.78 is 0. The maximum absolute atomic E-state index is 12.2. The van der Waals surface area contributed by atoms with Crippen molar-refractivity contribution < 1.29 is 4.79 Å². The molecule has 3 N–H and O–H groups in total. The molecule has 21 heavy (non-hydrogen) atoms. The van der Waals surface area contributed by atoms with Gasteiger partial charge < -0.3 is 11.1 Å². The highest BCUT2D eigenvalue weighted by molar-refractivity contribution is 8.00. The SMILES string of the molecule is CC(Sc1cc(Cl)ccc1Cl)C(=O)Nc1ccccc1N. The molecule has 0 radical (unpaired) electrons. The number of carbonyl (C=O) groups excluding carboxylic acids is 1. The van der Waals surface area contributed by atoms with Crippen LogP contribution >= 0.6 is 35.0 Å². The van der Waals surface area contributed by atoms with Gasteiger partial charge in [0.15, 0.2) is 0 Å². The smallest absolute Gasteiger partial charge is 0.237 e. The highest BCUT2D eigenvalue weighted by Gasteiger charge is 2.17. The van der Waals surface area contributed by atoms with Gasteiger partial charge in [-0.2, -0.15) is 0 Å². The summed E-state index contributed by atoms with van der Waals surface area (Å²) in [7, 11) is 0. The number of halogens is 2. The summed E-state index contributed by atoms with van der Waals surface area (Å²) in [5.74, 6) is -0.144. The van der Waals surface area contributed by atoms with Crippen molar-refractivity contribution in [3.63, 3.8) is 0 Å². The van der Waals surface area contributed by atoms with Crippen molar-refractivity contribution >= 4 is 52.2 Å². The predicted octanol–water partition coefficient (Wildman–Crippen LogP) is 4.69. The Morgan fingerprint density at radius 2 is 1.95 bits per heavy atom. The molecule has 0 aliphatic rings. The number of nitrogens with one attached hydrogen (secondary N) is 1. The van der Waals surface area contributed by atoms with E-state index in [0.29, 0.717) is 21.4 Å². The molecule has 110 valence electrons. The zero-order valence-corrected chi connectivity index (χ0v) is 13.6. The zero-order chi connectivity index (χ0) is 15.4. The molecule has 6 heteroatoms. The van der Waals surface area contributed by atoms with Gasteiger partial charge in [0.25, 0.3) is 0 Å². The Bertz CT molecular complexity index is 664. The van der Waals surface area contributed by atoms with Crippen LogP contribution in [-0.4, -0.2) is 11.2 Å². The van der Waals surface area contributed by atoms with Crippen LogP contribution in [0.4, 0.5) is 11.4 Å². The van der Waals surface area contributed by atoms with Gasteiger partial charge >= 0.3 is 0 Å². The fourth-order valence-electron chi connectivity index (χ4n) is 1.66. The largest absolute Gasteiger partial charge is 0.397 e. The molecule has 3 nitrogen and oxygen atoms in total. The van der Waals surface area contributed by atoms with Crippen molar-refractivity contribution in [2.75, 3.05) is 11.1 Å². The zero-order valence-electron chi connectivity index (χ0n) is 11.3. The molecule has 1 amide bonds. The minimum absolute atomic E-state index is 0.144. The van der Waals surface area contributed by atoms with Crippen molar-refractivity contribution in [2.45, 2.75) is 17.1 Å². The van der Waals surface area contributed by atoms with Crippen molar-refractivity contribution in [1.82, 2.24) is 0 Å². The summed E-state index contributed by atoms with van der Waals surface area (Å²) in [5, 5.41) is 3.63. The lowest BCUT2D eigenvalue weighted by Gasteiger charge is -2.14. The first-order valence-corrected chi connectivity index (χ1v) is 7.88. The minimum Gasteiger partial charge on any atom is -0.397 e. The number of thioether (sulfide) groups is 1. The molecule has 0 fully saturated rings. The molecule has 1 unspecified atom stereocenters. The van der Waals surface area contributed by atoms with Crippen LogP contribution in [0.25, 0.3) is 0 Å². The first-order valence-electron chi connectivity index (χ1n) is 6.24. The molecule has 1 atom stereocenters. The molecule has 0 saturated carbocycles. The van der Waals surface area contributed by atoms with Crippen molar-refractivity contribution in [1.29, 1.82) is 0 Å². The van der Waals surface area contributed by atoms with Crippen LogP contribution in [0, 0.1) is 0 Å². The Labute approximate surface area is 137 Å². The third-order valence-corrected chi connectivity index (χ3v) is 4.62. The van der Waals surface area contributed by atoms with E-state index in [1.54, 1.807) is 37.3 Å². The highest BCUT2D eigenvalue weighted by atomic mass is 35.5. The standard InChI is InChI=1S/C15H14Cl2N2OS/c1-9(21-14-8-10(16)6-7-11(14)17)15(20)19-13-5-3-2-4-12(13)18/h2-9H,18H2,1H3,(H,19,20). The van der Waals surface area contributed by atoms with Gasteiger partial charge in [-0.15, -0.1) is 11.8 Å². The number of hydrogen-bond donors (Lipinski definition) is 2. The number of carbonyl (C=O) groups is 1. The van der Waals surface area contributed by atoms with Crippen molar-refractivity contribution in [2.24, 2.45) is 0 Å². The number of anilines is 2. The fraction of sp³-hybridized carbons (Fsp3) is 0.133. The number of para-hydroxylation sites is 2. The Hall–Kier alpha value is -1.36. The molecule has 0 bridgehead atoms. The summed E-state index contributed by atoms with van der Waals surface area (Å²) in [6.45, 7) is 1.80. The van der Waals surface area contributed by atoms with Crippen LogP contribution in [0.1, 0.15) is 6.92 Å². The fourth-order valence-corrected chi connectivity index (χ4v) is 3.07. The molecular weight excluding hydrogens is 327 g/mol. The van der Waals surface area contributed by atoms with E-state index in [4.69, 9.17) is 28.9 Å². The van der Waals surface area contributed by atoms with Gasteiger partial charge in [-0.3, -0.25) is 4.79 Å². The minimum atomic E-state index is -0.333. The van der Waals surface area contributed by atoms with E-state index in [1.807, 2.05) is 12.1 Å². The second-order valence-electron chi connectivity index (χ2n) is 4.41. The third kappa shape index (κ3) is 4.30. The van der Waals surface area contributed by atoms with Gasteiger partial charge in [0, 0.05) is 9.92 Å². The van der Waals surface area contributed by atoms with Crippen molar-refractivity contribution in [3.8, 4) is 0 Å². The highest BCUT2D eigenvalue weighted by Crippen LogP contribution is 2.33. The van der Waals surface area contributed by atoms with E-state index in [9.17, 15) is 4.79 Å². The number of rotatable bonds is 4. The number of benzene rings is 2. The summed E-state index contributed by atoms with van der Waals surface area (Å²) in [5.41, 5.74) is 6.94. The third-order valence-electron chi connectivity index (χ3n) is 2.78. The summed E-state index contributed by atoms with van der Waals surface area (Å²) in [4.78, 5) is 13.0. The van der Waals surface area contributed by atoms with E-state index in [0.717, 1.165) is 4.90 Å². The number of amides is 1. The lowest BCUT2D eigenvalue weighted by Crippen LogP contribution is -2.22. The van der Waals surface area contributed by atoms with Crippen LogP contribution in [0.3, 0.4) is 0 Å². The quantitative estimate of drug-likeness (QED) is 0.626. The number of nitrogens with two attached hydrogens (primary N) is 1. The van der Waals surface area contributed by atoms with E-state index < -0.39 is 0 Å². The van der Waals surface area contributed by atoms with Gasteiger partial charge in [0.2, 0.25) is 5.91 Å². The average Bonchev–Trinajstić information content (AvgIpc) is 2.45. The van der Waals surface area contributed by atoms with Crippen LogP contribution in [0.5, 0.6) is 0 Å². The summed E-state index contributed by atoms with van der Waals surface area (Å²) in [6, 6.07) is 12.3. The van der Waals surface area contributed by atoms with Gasteiger partial charge in [-0.25, -0.2) is 0 Å². The summed E-state index contributed by atoms with van der Waals surface area (Å²) >= 11 is 13.4. The molecule has 0 spiro atoms. The van der Waals surface area contributed by atoms with E-state index in [2.05, 4.69) is 5.32 Å². The molecule has 2 rings (SSSR count). The van der Waals surface area contributed by atoms with Crippen LogP contribution in [0.15, 0.2) is 47.4 Å². The van der Waals surface area contributed by atoms with Crippen LogP contribution in [-0.2, 0) is 4.79 Å². The van der Waals surface area contributed by atoms with E-state index in [-0.39, 0.29) is 11.2 Å².